The molecule has 1 fully saturated rings. The minimum absolute atomic E-state index is 0.208. The molecule has 0 saturated heterocycles. The SMILES string of the molecule is Cc1cc(OCCc2ccccc2Cl)cc(C)c1C(=O)Nc1cc(C2CC2)ccc1C(F)(F)F. The molecule has 1 N–H and O–H groups in total. The fourth-order valence-electron chi connectivity index (χ4n) is 4.11. The van der Waals surface area contributed by atoms with Crippen molar-refractivity contribution in [3.8, 4) is 5.75 Å². The second kappa shape index (κ2) is 9.71. The molecule has 3 aromatic rings. The van der Waals surface area contributed by atoms with Gasteiger partial charge >= 0.3 is 6.18 Å². The number of rotatable bonds is 7. The first-order chi connectivity index (χ1) is 16.1. The molecule has 1 aliphatic rings. The summed E-state index contributed by atoms with van der Waals surface area (Å²) in [5.41, 5.74) is 2.32. The van der Waals surface area contributed by atoms with Gasteiger partial charge in [0.25, 0.3) is 5.91 Å². The number of nitrogens with one attached hydrogen (secondary N) is 1. The maximum atomic E-state index is 13.6. The number of alkyl halides is 3. The molecule has 0 spiro atoms. The molecule has 0 unspecified atom stereocenters. The van der Waals surface area contributed by atoms with Gasteiger partial charge < -0.3 is 10.1 Å². The summed E-state index contributed by atoms with van der Waals surface area (Å²) in [6, 6.07) is 15.0. The minimum atomic E-state index is -4.56. The molecule has 4 rings (SSSR count). The topological polar surface area (TPSA) is 38.3 Å². The Balaban J connectivity index is 1.51. The molecule has 1 saturated carbocycles. The third kappa shape index (κ3) is 5.55. The predicted octanol–water partition coefficient (Wildman–Crippen LogP) is 7.73. The van der Waals surface area contributed by atoms with Crippen LogP contribution < -0.4 is 10.1 Å². The highest BCUT2D eigenvalue weighted by Crippen LogP contribution is 2.43. The summed E-state index contributed by atoms with van der Waals surface area (Å²) in [5.74, 6) is 0.282. The van der Waals surface area contributed by atoms with Crippen molar-refractivity contribution < 1.29 is 22.7 Å². The van der Waals surface area contributed by atoms with Crippen molar-refractivity contribution in [1.82, 2.24) is 0 Å². The van der Waals surface area contributed by atoms with Crippen LogP contribution in [0.3, 0.4) is 0 Å². The number of carbonyl (C=O) groups is 1. The average molecular weight is 488 g/mol. The number of hydrogen-bond acceptors (Lipinski definition) is 2. The molecule has 0 aliphatic heterocycles. The molecule has 178 valence electrons. The second-order valence-corrected chi connectivity index (χ2v) is 9.06. The summed E-state index contributed by atoms with van der Waals surface area (Å²) in [7, 11) is 0. The molecule has 0 bridgehead atoms. The van der Waals surface area contributed by atoms with E-state index in [4.69, 9.17) is 16.3 Å². The molecular weight excluding hydrogens is 463 g/mol. The molecule has 0 aromatic heterocycles. The lowest BCUT2D eigenvalue weighted by Gasteiger charge is -2.17. The highest BCUT2D eigenvalue weighted by Gasteiger charge is 2.35. The number of amides is 1. The molecule has 0 heterocycles. The van der Waals surface area contributed by atoms with E-state index in [1.807, 2.05) is 24.3 Å². The fraction of sp³-hybridized carbons (Fsp3) is 0.296. The van der Waals surface area contributed by atoms with Crippen LogP contribution in [0.5, 0.6) is 5.75 Å². The third-order valence-electron chi connectivity index (χ3n) is 5.98. The Labute approximate surface area is 201 Å². The van der Waals surface area contributed by atoms with Crippen LogP contribution in [0.4, 0.5) is 18.9 Å². The minimum Gasteiger partial charge on any atom is -0.493 e. The van der Waals surface area contributed by atoms with Crippen LogP contribution in [0, 0.1) is 13.8 Å². The van der Waals surface area contributed by atoms with Crippen molar-refractivity contribution in [3.63, 3.8) is 0 Å². The lowest BCUT2D eigenvalue weighted by atomic mass is 10.0. The van der Waals surface area contributed by atoms with E-state index in [9.17, 15) is 18.0 Å². The van der Waals surface area contributed by atoms with E-state index in [0.717, 1.165) is 30.0 Å². The van der Waals surface area contributed by atoms with Gasteiger partial charge in [0.05, 0.1) is 17.9 Å². The van der Waals surface area contributed by atoms with Gasteiger partial charge in [-0.25, -0.2) is 0 Å². The third-order valence-corrected chi connectivity index (χ3v) is 6.35. The smallest absolute Gasteiger partial charge is 0.418 e. The van der Waals surface area contributed by atoms with E-state index in [0.29, 0.717) is 40.5 Å². The van der Waals surface area contributed by atoms with Gasteiger partial charge in [-0.3, -0.25) is 4.79 Å². The van der Waals surface area contributed by atoms with E-state index in [2.05, 4.69) is 5.32 Å². The average Bonchev–Trinajstić information content (AvgIpc) is 3.59. The van der Waals surface area contributed by atoms with Crippen molar-refractivity contribution in [2.75, 3.05) is 11.9 Å². The number of aryl methyl sites for hydroxylation is 2. The zero-order valence-corrected chi connectivity index (χ0v) is 19.7. The summed E-state index contributed by atoms with van der Waals surface area (Å²) >= 11 is 6.18. The van der Waals surface area contributed by atoms with Gasteiger partial charge in [0, 0.05) is 17.0 Å². The van der Waals surface area contributed by atoms with Crippen molar-refractivity contribution in [2.24, 2.45) is 0 Å². The molecule has 1 amide bonds. The largest absolute Gasteiger partial charge is 0.493 e. The Bertz CT molecular complexity index is 1200. The van der Waals surface area contributed by atoms with Crippen molar-refractivity contribution in [1.29, 1.82) is 0 Å². The van der Waals surface area contributed by atoms with Gasteiger partial charge in [-0.2, -0.15) is 13.2 Å². The number of carbonyl (C=O) groups excluding carboxylic acids is 1. The quantitative estimate of drug-likeness (QED) is 0.370. The van der Waals surface area contributed by atoms with Gasteiger partial charge in [-0.1, -0.05) is 35.9 Å². The number of ether oxygens (including phenoxy) is 1. The van der Waals surface area contributed by atoms with Crippen LogP contribution >= 0.6 is 11.6 Å². The van der Waals surface area contributed by atoms with Gasteiger partial charge in [0.1, 0.15) is 5.75 Å². The first-order valence-electron chi connectivity index (χ1n) is 11.1. The van der Waals surface area contributed by atoms with E-state index in [1.54, 1.807) is 26.0 Å². The summed E-state index contributed by atoms with van der Waals surface area (Å²) in [6.07, 6.45) is -2.03. The van der Waals surface area contributed by atoms with E-state index in [1.165, 1.54) is 12.1 Å². The molecule has 0 atom stereocenters. The monoisotopic (exact) mass is 487 g/mol. The lowest BCUT2D eigenvalue weighted by molar-refractivity contribution is -0.136. The summed E-state index contributed by atoms with van der Waals surface area (Å²) in [4.78, 5) is 13.0. The zero-order valence-electron chi connectivity index (χ0n) is 18.9. The van der Waals surface area contributed by atoms with Crippen LogP contribution in [-0.2, 0) is 12.6 Å². The maximum Gasteiger partial charge on any atom is 0.418 e. The van der Waals surface area contributed by atoms with Crippen LogP contribution in [0.15, 0.2) is 54.6 Å². The zero-order chi connectivity index (χ0) is 24.5. The van der Waals surface area contributed by atoms with Crippen molar-refractivity contribution in [3.05, 3.63) is 93.0 Å². The summed E-state index contributed by atoms with van der Waals surface area (Å²) in [6.45, 7) is 3.89. The Morgan fingerprint density at radius 1 is 1.06 bits per heavy atom. The van der Waals surface area contributed by atoms with Gasteiger partial charge in [-0.05, 0) is 85.2 Å². The van der Waals surface area contributed by atoms with Gasteiger partial charge in [0.2, 0.25) is 0 Å². The lowest BCUT2D eigenvalue weighted by Crippen LogP contribution is -2.19. The van der Waals surface area contributed by atoms with Crippen LogP contribution in [0.25, 0.3) is 0 Å². The van der Waals surface area contributed by atoms with Crippen LogP contribution in [-0.4, -0.2) is 12.5 Å². The molecule has 3 nitrogen and oxygen atoms in total. The van der Waals surface area contributed by atoms with Gasteiger partial charge in [-0.15, -0.1) is 0 Å². The van der Waals surface area contributed by atoms with E-state index >= 15 is 0 Å². The second-order valence-electron chi connectivity index (χ2n) is 8.65. The van der Waals surface area contributed by atoms with Crippen molar-refractivity contribution in [2.45, 2.75) is 45.2 Å². The Hall–Kier alpha value is -2.99. The first kappa shape index (κ1) is 24.1. The number of benzene rings is 3. The molecular formula is C27H25ClF3NO2. The van der Waals surface area contributed by atoms with Gasteiger partial charge in [0.15, 0.2) is 0 Å². The van der Waals surface area contributed by atoms with Crippen LogP contribution in [0.1, 0.15) is 56.9 Å². The first-order valence-corrected chi connectivity index (χ1v) is 11.5. The Morgan fingerprint density at radius 2 is 1.74 bits per heavy atom. The summed E-state index contributed by atoms with van der Waals surface area (Å²) in [5, 5.41) is 3.19. The molecule has 0 radical (unpaired) electrons. The highest BCUT2D eigenvalue weighted by molar-refractivity contribution is 6.31. The number of halogens is 4. The fourth-order valence-corrected chi connectivity index (χ4v) is 4.34. The Morgan fingerprint density at radius 3 is 2.35 bits per heavy atom. The molecule has 34 heavy (non-hydrogen) atoms. The van der Waals surface area contributed by atoms with Crippen LogP contribution in [0.2, 0.25) is 5.02 Å². The molecule has 3 aromatic carbocycles. The predicted molar refractivity (Wildman–Crippen MR) is 128 cm³/mol. The van der Waals surface area contributed by atoms with Crippen molar-refractivity contribution >= 4 is 23.2 Å². The maximum absolute atomic E-state index is 13.6. The Kier molecular flexibility index (Phi) is 6.89. The normalized spacial score (nSPS) is 13.6. The molecule has 7 heteroatoms. The van der Waals surface area contributed by atoms with E-state index < -0.39 is 17.6 Å². The number of hydrogen-bond donors (Lipinski definition) is 1. The molecule has 1 aliphatic carbocycles. The number of anilines is 1. The summed E-state index contributed by atoms with van der Waals surface area (Å²) < 4.78 is 46.5. The van der Waals surface area contributed by atoms with E-state index in [-0.39, 0.29) is 11.6 Å². The highest BCUT2D eigenvalue weighted by atomic mass is 35.5. The standard InChI is InChI=1S/C27H25ClF3NO2/c1-16-13-21(34-12-11-19-5-3-4-6-23(19)28)14-17(2)25(16)26(33)32-24-15-20(18-7-8-18)9-10-22(24)27(29,30)31/h3-6,9-10,13-15,18H,7-8,11-12H2,1-2H3,(H,32,33).